The molecule has 0 radical (unpaired) electrons. The Bertz CT molecular complexity index is 1110. The quantitative estimate of drug-likeness (QED) is 0.566. The molecule has 4 rings (SSSR count). The van der Waals surface area contributed by atoms with Gasteiger partial charge in [-0.25, -0.2) is 9.67 Å². The molecule has 2 aromatic heterocycles. The molecule has 8 heteroatoms. The molecule has 2 aromatic carbocycles. The molecule has 0 aliphatic carbocycles. The molecular weight excluding hydrogens is 372 g/mol. The average molecular weight is 385 g/mol. The molecule has 130 valence electrons. The second kappa shape index (κ2) is 6.78. The average Bonchev–Trinajstić information content (AvgIpc) is 3.27. The maximum atomic E-state index is 12.5. The molecule has 0 aliphatic heterocycles. The number of halogens is 1. The third kappa shape index (κ3) is 3.26. The van der Waals surface area contributed by atoms with Gasteiger partial charge in [0.05, 0.1) is 23.0 Å². The van der Waals surface area contributed by atoms with Crippen molar-refractivity contribution in [2.24, 2.45) is 0 Å². The van der Waals surface area contributed by atoms with E-state index in [9.17, 15) is 4.79 Å². The Morgan fingerprint density at radius 1 is 1.23 bits per heavy atom. The SMILES string of the molecule is COc1ccc2nc(NC(=O)c3ccn(-c4cccc(Cl)c4)n3)sc2c1. The first kappa shape index (κ1) is 16.6. The predicted octanol–water partition coefficient (Wildman–Crippen LogP) is 4.40. The molecule has 4 aromatic rings. The number of hydrogen-bond acceptors (Lipinski definition) is 5. The third-order valence-electron chi connectivity index (χ3n) is 3.71. The molecular formula is C18H13ClN4O2S. The summed E-state index contributed by atoms with van der Waals surface area (Å²) >= 11 is 7.38. The fourth-order valence-corrected chi connectivity index (χ4v) is 3.53. The van der Waals surface area contributed by atoms with E-state index in [1.807, 2.05) is 30.3 Å². The Hall–Kier alpha value is -2.90. The van der Waals surface area contributed by atoms with Crippen LogP contribution in [0.5, 0.6) is 5.75 Å². The van der Waals surface area contributed by atoms with Crippen molar-refractivity contribution >= 4 is 44.2 Å². The molecule has 0 fully saturated rings. The van der Waals surface area contributed by atoms with Gasteiger partial charge in [0.15, 0.2) is 10.8 Å². The van der Waals surface area contributed by atoms with Gasteiger partial charge in [0.1, 0.15) is 5.75 Å². The van der Waals surface area contributed by atoms with Gasteiger partial charge in [-0.1, -0.05) is 29.0 Å². The summed E-state index contributed by atoms with van der Waals surface area (Å²) in [4.78, 5) is 16.9. The van der Waals surface area contributed by atoms with E-state index in [2.05, 4.69) is 15.4 Å². The van der Waals surface area contributed by atoms with E-state index in [0.717, 1.165) is 21.7 Å². The summed E-state index contributed by atoms with van der Waals surface area (Å²) in [6.07, 6.45) is 1.71. The van der Waals surface area contributed by atoms with Gasteiger partial charge in [-0.05, 0) is 42.5 Å². The second-order valence-corrected chi connectivity index (χ2v) is 6.90. The molecule has 1 N–H and O–H groups in total. The van der Waals surface area contributed by atoms with Crippen molar-refractivity contribution in [3.63, 3.8) is 0 Å². The van der Waals surface area contributed by atoms with Crippen molar-refractivity contribution in [2.75, 3.05) is 12.4 Å². The van der Waals surface area contributed by atoms with E-state index in [1.54, 1.807) is 36.2 Å². The number of methoxy groups -OCH3 is 1. The number of rotatable bonds is 4. The molecule has 26 heavy (non-hydrogen) atoms. The Balaban J connectivity index is 1.55. The van der Waals surface area contributed by atoms with Gasteiger partial charge in [-0.2, -0.15) is 5.10 Å². The van der Waals surface area contributed by atoms with Crippen LogP contribution in [0.1, 0.15) is 10.5 Å². The normalized spacial score (nSPS) is 10.8. The minimum Gasteiger partial charge on any atom is -0.497 e. The maximum absolute atomic E-state index is 12.5. The number of hydrogen-bond donors (Lipinski definition) is 1. The van der Waals surface area contributed by atoms with Gasteiger partial charge in [0.25, 0.3) is 5.91 Å². The van der Waals surface area contributed by atoms with Crippen LogP contribution in [-0.4, -0.2) is 27.8 Å². The highest BCUT2D eigenvalue weighted by Gasteiger charge is 2.13. The number of ether oxygens (including phenoxy) is 1. The molecule has 0 saturated heterocycles. The summed E-state index contributed by atoms with van der Waals surface area (Å²) in [6.45, 7) is 0. The smallest absolute Gasteiger partial charge is 0.277 e. The monoisotopic (exact) mass is 384 g/mol. The Morgan fingerprint density at radius 2 is 2.12 bits per heavy atom. The number of carbonyl (C=O) groups is 1. The number of anilines is 1. The van der Waals surface area contributed by atoms with E-state index < -0.39 is 0 Å². The number of benzene rings is 2. The summed E-state index contributed by atoms with van der Waals surface area (Å²) in [5.41, 5.74) is 1.88. The highest BCUT2D eigenvalue weighted by atomic mass is 35.5. The summed E-state index contributed by atoms with van der Waals surface area (Å²) in [7, 11) is 1.61. The van der Waals surface area contributed by atoms with E-state index in [0.29, 0.717) is 15.8 Å². The molecule has 1 amide bonds. The number of thiazole rings is 1. The van der Waals surface area contributed by atoms with Crippen LogP contribution in [0.3, 0.4) is 0 Å². The first-order chi connectivity index (χ1) is 12.6. The summed E-state index contributed by atoms with van der Waals surface area (Å²) in [5.74, 6) is 0.427. The molecule has 0 bridgehead atoms. The molecule has 0 atom stereocenters. The number of nitrogens with zero attached hydrogens (tertiary/aromatic N) is 3. The Morgan fingerprint density at radius 3 is 2.92 bits per heavy atom. The Kier molecular flexibility index (Phi) is 4.32. The van der Waals surface area contributed by atoms with Gasteiger partial charge < -0.3 is 4.74 Å². The van der Waals surface area contributed by atoms with Crippen molar-refractivity contribution < 1.29 is 9.53 Å². The zero-order valence-corrected chi connectivity index (χ0v) is 15.2. The zero-order valence-electron chi connectivity index (χ0n) is 13.6. The summed E-state index contributed by atoms with van der Waals surface area (Å²) < 4.78 is 7.74. The van der Waals surface area contributed by atoms with Crippen LogP contribution in [0.15, 0.2) is 54.7 Å². The zero-order chi connectivity index (χ0) is 18.1. The highest BCUT2D eigenvalue weighted by molar-refractivity contribution is 7.22. The minimum atomic E-state index is -0.322. The lowest BCUT2D eigenvalue weighted by Gasteiger charge is -2.01. The molecule has 0 saturated carbocycles. The van der Waals surface area contributed by atoms with Crippen molar-refractivity contribution in [2.45, 2.75) is 0 Å². The standard InChI is InChI=1S/C18H13ClN4O2S/c1-25-13-5-6-14-16(10-13)26-18(20-14)21-17(24)15-7-8-23(22-15)12-4-2-3-11(19)9-12/h2-10H,1H3,(H,20,21,24). The number of nitrogens with one attached hydrogen (secondary N) is 1. The molecule has 2 heterocycles. The van der Waals surface area contributed by atoms with Crippen molar-refractivity contribution in [3.05, 3.63) is 65.4 Å². The highest BCUT2D eigenvalue weighted by Crippen LogP contribution is 2.29. The van der Waals surface area contributed by atoms with Crippen LogP contribution in [0.2, 0.25) is 5.02 Å². The van der Waals surface area contributed by atoms with Gasteiger partial charge in [0.2, 0.25) is 0 Å². The summed E-state index contributed by atoms with van der Waals surface area (Å²) in [5, 5.41) is 8.20. The maximum Gasteiger partial charge on any atom is 0.277 e. The predicted molar refractivity (Wildman–Crippen MR) is 103 cm³/mol. The van der Waals surface area contributed by atoms with Crippen LogP contribution in [0.25, 0.3) is 15.9 Å². The van der Waals surface area contributed by atoms with Crippen LogP contribution in [-0.2, 0) is 0 Å². The topological polar surface area (TPSA) is 69.0 Å². The molecule has 0 unspecified atom stereocenters. The number of carbonyl (C=O) groups excluding carboxylic acids is 1. The summed E-state index contributed by atoms with van der Waals surface area (Å²) in [6, 6.07) is 14.5. The van der Waals surface area contributed by atoms with Gasteiger partial charge in [-0.3, -0.25) is 10.1 Å². The largest absolute Gasteiger partial charge is 0.497 e. The minimum absolute atomic E-state index is 0.293. The van der Waals surface area contributed by atoms with E-state index >= 15 is 0 Å². The number of fused-ring (bicyclic) bond motifs is 1. The van der Waals surface area contributed by atoms with Crippen LogP contribution < -0.4 is 10.1 Å². The lowest BCUT2D eigenvalue weighted by molar-refractivity contribution is 0.102. The molecule has 0 spiro atoms. The van der Waals surface area contributed by atoms with Crippen LogP contribution in [0, 0.1) is 0 Å². The first-order valence-electron chi connectivity index (χ1n) is 7.70. The Labute approximate surface area is 158 Å². The van der Waals surface area contributed by atoms with Crippen molar-refractivity contribution in [1.82, 2.24) is 14.8 Å². The molecule has 6 nitrogen and oxygen atoms in total. The van der Waals surface area contributed by atoms with Crippen molar-refractivity contribution in [3.8, 4) is 11.4 Å². The van der Waals surface area contributed by atoms with Crippen molar-refractivity contribution in [1.29, 1.82) is 0 Å². The second-order valence-electron chi connectivity index (χ2n) is 5.43. The first-order valence-corrected chi connectivity index (χ1v) is 8.89. The van der Waals surface area contributed by atoms with Gasteiger partial charge >= 0.3 is 0 Å². The third-order valence-corrected chi connectivity index (χ3v) is 4.88. The fourth-order valence-electron chi connectivity index (χ4n) is 2.45. The lowest BCUT2D eigenvalue weighted by Crippen LogP contribution is -2.13. The fraction of sp³-hybridized carbons (Fsp3) is 0.0556. The van der Waals surface area contributed by atoms with E-state index in [-0.39, 0.29) is 5.91 Å². The van der Waals surface area contributed by atoms with Crippen LogP contribution >= 0.6 is 22.9 Å². The van der Waals surface area contributed by atoms with E-state index in [4.69, 9.17) is 16.3 Å². The van der Waals surface area contributed by atoms with E-state index in [1.165, 1.54) is 11.3 Å². The number of aromatic nitrogens is 3. The van der Waals surface area contributed by atoms with Crippen LogP contribution in [0.4, 0.5) is 5.13 Å². The molecule has 0 aliphatic rings. The van der Waals surface area contributed by atoms with Gasteiger partial charge in [-0.15, -0.1) is 0 Å². The number of amides is 1. The van der Waals surface area contributed by atoms with Gasteiger partial charge in [0, 0.05) is 11.2 Å². The lowest BCUT2D eigenvalue weighted by atomic mass is 10.3.